The van der Waals surface area contributed by atoms with Crippen LogP contribution >= 0.6 is 0 Å². The Morgan fingerprint density at radius 1 is 0.971 bits per heavy atom. The first-order chi connectivity index (χ1) is 16.1. The number of nitrogen functional groups attached to an aromatic ring is 1. The van der Waals surface area contributed by atoms with E-state index in [2.05, 4.69) is 41.1 Å². The van der Waals surface area contributed by atoms with Gasteiger partial charge in [0.15, 0.2) is 11.6 Å². The van der Waals surface area contributed by atoms with E-state index in [1.807, 2.05) is 18.2 Å². The number of pyridine rings is 1. The van der Waals surface area contributed by atoms with E-state index in [-0.39, 0.29) is 28.8 Å². The van der Waals surface area contributed by atoms with Crippen molar-refractivity contribution in [2.75, 3.05) is 5.73 Å². The summed E-state index contributed by atoms with van der Waals surface area (Å²) >= 11 is 0. The number of hydrogen-bond acceptors (Lipinski definition) is 8. The highest BCUT2D eigenvalue weighted by molar-refractivity contribution is 5.67. The van der Waals surface area contributed by atoms with Crippen LogP contribution in [-0.4, -0.2) is 36.1 Å². The maximum absolute atomic E-state index is 14.2. The van der Waals surface area contributed by atoms with Crippen LogP contribution in [0, 0.1) is 11.6 Å². The number of aromatic nitrogens is 6. The Bertz CT molecular complexity index is 1340. The monoisotopic (exact) mass is 465 g/mol. The Morgan fingerprint density at radius 3 is 2.35 bits per heavy atom. The van der Waals surface area contributed by atoms with Gasteiger partial charge in [-0.2, -0.15) is 9.59 Å². The van der Waals surface area contributed by atoms with Crippen molar-refractivity contribution in [1.29, 1.82) is 0 Å². The van der Waals surface area contributed by atoms with Crippen molar-refractivity contribution in [2.24, 2.45) is 0 Å². The van der Waals surface area contributed by atoms with Gasteiger partial charge >= 0.3 is 6.15 Å². The Balaban J connectivity index is 0.00000103. The van der Waals surface area contributed by atoms with Crippen molar-refractivity contribution in [3.8, 4) is 22.6 Å². The third kappa shape index (κ3) is 5.70. The number of anilines is 1. The molecule has 1 aromatic carbocycles. The number of nitrogens with two attached hydrogens (primary N) is 1. The summed E-state index contributed by atoms with van der Waals surface area (Å²) in [7, 11) is 0. The van der Waals surface area contributed by atoms with Gasteiger partial charge in [-0.15, -0.1) is 5.10 Å². The predicted octanol–water partition coefficient (Wildman–Crippen LogP) is 3.42. The first kappa shape index (κ1) is 24.3. The van der Waals surface area contributed by atoms with Gasteiger partial charge in [0.1, 0.15) is 5.69 Å². The van der Waals surface area contributed by atoms with Crippen LogP contribution in [0.1, 0.15) is 32.2 Å². The molecule has 2 N–H and O–H groups in total. The van der Waals surface area contributed by atoms with Crippen LogP contribution < -0.4 is 5.73 Å². The van der Waals surface area contributed by atoms with Crippen molar-refractivity contribution >= 4 is 12.1 Å². The molecule has 0 atom stereocenters. The predicted molar refractivity (Wildman–Crippen MR) is 118 cm³/mol. The smallest absolute Gasteiger partial charge is 0.368 e. The molecule has 0 aliphatic heterocycles. The van der Waals surface area contributed by atoms with Gasteiger partial charge in [0.2, 0.25) is 5.95 Å². The lowest BCUT2D eigenvalue weighted by Crippen LogP contribution is -2.15. The van der Waals surface area contributed by atoms with Crippen LogP contribution in [0.15, 0.2) is 48.7 Å². The highest BCUT2D eigenvalue weighted by Gasteiger charge is 2.17. The molecular weight excluding hydrogens is 444 g/mol. The lowest BCUT2D eigenvalue weighted by Gasteiger charge is -2.18. The minimum Gasteiger partial charge on any atom is -0.368 e. The van der Waals surface area contributed by atoms with Gasteiger partial charge in [0.25, 0.3) is 0 Å². The average molecular weight is 465 g/mol. The van der Waals surface area contributed by atoms with Crippen molar-refractivity contribution in [2.45, 2.75) is 32.7 Å². The van der Waals surface area contributed by atoms with Crippen molar-refractivity contribution in [1.82, 2.24) is 29.9 Å². The minimum absolute atomic E-state index is 0.00839. The van der Waals surface area contributed by atoms with Crippen LogP contribution in [0.4, 0.5) is 14.7 Å². The minimum atomic E-state index is -1.000. The third-order valence-corrected chi connectivity index (χ3v) is 4.67. The second-order valence-electron chi connectivity index (χ2n) is 8.25. The second-order valence-corrected chi connectivity index (χ2v) is 8.25. The Morgan fingerprint density at radius 2 is 1.65 bits per heavy atom. The van der Waals surface area contributed by atoms with E-state index < -0.39 is 11.6 Å². The van der Waals surface area contributed by atoms with Crippen LogP contribution in [0.25, 0.3) is 22.6 Å². The van der Waals surface area contributed by atoms with Gasteiger partial charge in [0.05, 0.1) is 29.8 Å². The summed E-state index contributed by atoms with van der Waals surface area (Å²) in [5, 5.41) is 8.28. The van der Waals surface area contributed by atoms with E-state index in [0.29, 0.717) is 17.9 Å². The average Bonchev–Trinajstić information content (AvgIpc) is 3.24. The largest absolute Gasteiger partial charge is 0.373 e. The zero-order valence-electron chi connectivity index (χ0n) is 18.7. The van der Waals surface area contributed by atoms with Crippen LogP contribution in [0.5, 0.6) is 0 Å². The molecule has 0 saturated heterocycles. The normalized spacial score (nSPS) is 10.9. The third-order valence-electron chi connectivity index (χ3n) is 4.67. The van der Waals surface area contributed by atoms with Crippen molar-refractivity contribution < 1.29 is 18.4 Å². The van der Waals surface area contributed by atoms with E-state index in [0.717, 1.165) is 17.5 Å². The molecule has 3 heterocycles. The fourth-order valence-corrected chi connectivity index (χ4v) is 3.08. The molecule has 0 aliphatic carbocycles. The summed E-state index contributed by atoms with van der Waals surface area (Å²) < 4.78 is 29.5. The van der Waals surface area contributed by atoms with E-state index in [1.165, 1.54) is 18.2 Å². The van der Waals surface area contributed by atoms with Gasteiger partial charge in [-0.05, 0) is 30.3 Å². The molecule has 4 aromatic rings. The number of carbonyl (C=O) groups excluding carboxylic acids is 2. The van der Waals surface area contributed by atoms with Crippen LogP contribution in [0.3, 0.4) is 0 Å². The van der Waals surface area contributed by atoms with Crippen LogP contribution in [0.2, 0.25) is 0 Å². The summed E-state index contributed by atoms with van der Waals surface area (Å²) in [6.07, 6.45) is 1.94. The fourth-order valence-electron chi connectivity index (χ4n) is 3.08. The second kappa shape index (κ2) is 10.1. The molecule has 0 unspecified atom stereocenters. The number of benzene rings is 1. The number of rotatable bonds is 4. The van der Waals surface area contributed by atoms with Gasteiger partial charge in [0, 0.05) is 16.7 Å². The van der Waals surface area contributed by atoms with Gasteiger partial charge < -0.3 is 5.73 Å². The molecule has 4 rings (SSSR count). The van der Waals surface area contributed by atoms with E-state index in [1.54, 1.807) is 10.9 Å². The molecule has 0 bridgehead atoms. The maximum Gasteiger partial charge on any atom is 0.373 e. The summed E-state index contributed by atoms with van der Waals surface area (Å²) in [6.45, 7) is 6.73. The highest BCUT2D eigenvalue weighted by Crippen LogP contribution is 2.26. The molecule has 3 aromatic heterocycles. The van der Waals surface area contributed by atoms with Gasteiger partial charge in [-0.25, -0.2) is 23.4 Å². The van der Waals surface area contributed by atoms with Crippen molar-refractivity contribution in [3.05, 3.63) is 71.7 Å². The molecule has 0 radical (unpaired) electrons. The molecule has 11 heteroatoms. The van der Waals surface area contributed by atoms with E-state index >= 15 is 0 Å². The molecule has 9 nitrogen and oxygen atoms in total. The fraction of sp³-hybridized carbons (Fsp3) is 0.217. The van der Waals surface area contributed by atoms with Crippen LogP contribution in [-0.2, 0) is 21.5 Å². The molecule has 34 heavy (non-hydrogen) atoms. The summed E-state index contributed by atoms with van der Waals surface area (Å²) in [4.78, 5) is 29.1. The molecular formula is C23H21F2N7O2. The lowest BCUT2D eigenvalue weighted by atomic mass is 9.91. The first-order valence-corrected chi connectivity index (χ1v) is 10.1. The lowest BCUT2D eigenvalue weighted by molar-refractivity contribution is -0.191. The summed E-state index contributed by atoms with van der Waals surface area (Å²) in [6, 6.07) is 11.2. The molecule has 0 spiro atoms. The standard InChI is InChI=1S/C22H21F2N7.CO2/c1-22(2,3)19-9-4-6-13(26-19)11-31-12-18(29-30-31)17-10-16(27-21(25)28-17)14-7-5-8-15(23)20(14)24;2-1-3/h4-10,12H,11H2,1-3H3,(H2,25,27,28);. The Hall–Kier alpha value is -4.37. The first-order valence-electron chi connectivity index (χ1n) is 10.1. The summed E-state index contributed by atoms with van der Waals surface area (Å²) in [5.41, 5.74) is 8.50. The van der Waals surface area contributed by atoms with Crippen molar-refractivity contribution in [3.63, 3.8) is 0 Å². The number of nitrogens with zero attached hydrogens (tertiary/aromatic N) is 6. The van der Waals surface area contributed by atoms with Gasteiger partial charge in [-0.3, -0.25) is 4.98 Å². The number of hydrogen-bond donors (Lipinski definition) is 1. The Kier molecular flexibility index (Phi) is 7.18. The molecule has 0 aliphatic rings. The van der Waals surface area contributed by atoms with E-state index in [9.17, 15) is 8.78 Å². The molecule has 0 saturated carbocycles. The molecule has 174 valence electrons. The summed E-state index contributed by atoms with van der Waals surface area (Å²) in [5.74, 6) is -2.04. The van der Waals surface area contributed by atoms with Gasteiger partial charge in [-0.1, -0.05) is 38.1 Å². The quantitative estimate of drug-likeness (QED) is 0.485. The zero-order chi connectivity index (χ0) is 24.9. The molecule has 0 amide bonds. The number of halogens is 2. The van der Waals surface area contributed by atoms with E-state index in [4.69, 9.17) is 20.3 Å². The Labute approximate surface area is 193 Å². The maximum atomic E-state index is 14.2. The topological polar surface area (TPSA) is 130 Å². The SMILES string of the molecule is CC(C)(C)c1cccc(Cn2cc(-c3cc(-c4cccc(F)c4F)nc(N)n3)nn2)n1.O=C=O. The zero-order valence-corrected chi connectivity index (χ0v) is 18.7. The highest BCUT2D eigenvalue weighted by atomic mass is 19.2. The molecule has 0 fully saturated rings.